The normalized spacial score (nSPS) is 20.5. The smallest absolute Gasteiger partial charge is 0.0589 e. The highest BCUT2D eigenvalue weighted by Gasteiger charge is 2.33. The second-order valence-corrected chi connectivity index (χ2v) is 6.25. The molecule has 114 valence electrons. The lowest BCUT2D eigenvalue weighted by Gasteiger charge is -2.36. The number of hydrogen-bond acceptors (Lipinski definition) is 3. The fraction of sp³-hybridized carbons (Fsp3) is 1.00. The highest BCUT2D eigenvalue weighted by atomic mass is 16.5. The minimum Gasteiger partial charge on any atom is -0.383 e. The van der Waals surface area contributed by atoms with E-state index >= 15 is 0 Å². The molecule has 1 rings (SSSR count). The molecule has 0 amide bonds. The summed E-state index contributed by atoms with van der Waals surface area (Å²) in [6.45, 7) is 12.3. The first-order valence-electron chi connectivity index (χ1n) is 8.08. The minimum atomic E-state index is 0.603. The van der Waals surface area contributed by atoms with Crippen LogP contribution in [0.25, 0.3) is 0 Å². The lowest BCUT2D eigenvalue weighted by atomic mass is 10.0. The van der Waals surface area contributed by atoms with Gasteiger partial charge in [-0.3, -0.25) is 4.90 Å². The van der Waals surface area contributed by atoms with Crippen molar-refractivity contribution in [2.75, 3.05) is 26.8 Å². The van der Waals surface area contributed by atoms with Gasteiger partial charge in [0.1, 0.15) is 0 Å². The molecule has 0 radical (unpaired) electrons. The molecule has 0 spiro atoms. The molecule has 1 aliphatic rings. The van der Waals surface area contributed by atoms with E-state index in [4.69, 9.17) is 4.74 Å². The van der Waals surface area contributed by atoms with Crippen LogP contribution in [-0.4, -0.2) is 49.8 Å². The maximum absolute atomic E-state index is 5.29. The molecule has 3 nitrogen and oxygen atoms in total. The van der Waals surface area contributed by atoms with Gasteiger partial charge in [0.15, 0.2) is 0 Å². The highest BCUT2D eigenvalue weighted by Crippen LogP contribution is 2.36. The molecule has 0 aromatic carbocycles. The molecule has 0 saturated heterocycles. The number of rotatable bonds is 11. The molecule has 1 fully saturated rings. The largest absolute Gasteiger partial charge is 0.383 e. The van der Waals surface area contributed by atoms with Crippen LogP contribution < -0.4 is 5.32 Å². The molecule has 0 aromatic heterocycles. The molecular weight excluding hydrogens is 236 g/mol. The monoisotopic (exact) mass is 270 g/mol. The van der Waals surface area contributed by atoms with Crippen LogP contribution in [0.15, 0.2) is 0 Å². The minimum absolute atomic E-state index is 0.603. The van der Waals surface area contributed by atoms with E-state index in [0.717, 1.165) is 25.6 Å². The Morgan fingerprint density at radius 1 is 1.26 bits per heavy atom. The van der Waals surface area contributed by atoms with Crippen molar-refractivity contribution in [3.8, 4) is 0 Å². The zero-order chi connectivity index (χ0) is 14.3. The average molecular weight is 270 g/mol. The van der Waals surface area contributed by atoms with Crippen LogP contribution in [0, 0.1) is 5.92 Å². The van der Waals surface area contributed by atoms with Crippen LogP contribution >= 0.6 is 0 Å². The summed E-state index contributed by atoms with van der Waals surface area (Å²) in [5, 5.41) is 3.60. The predicted octanol–water partition coefficient (Wildman–Crippen LogP) is 2.90. The van der Waals surface area contributed by atoms with Crippen LogP contribution in [0.5, 0.6) is 0 Å². The van der Waals surface area contributed by atoms with E-state index in [-0.39, 0.29) is 0 Å². The van der Waals surface area contributed by atoms with Gasteiger partial charge in [-0.1, -0.05) is 6.92 Å². The fourth-order valence-electron chi connectivity index (χ4n) is 2.99. The van der Waals surface area contributed by atoms with Gasteiger partial charge in [-0.2, -0.15) is 0 Å². The number of methoxy groups -OCH3 is 1. The maximum atomic E-state index is 5.29. The van der Waals surface area contributed by atoms with E-state index in [1.54, 1.807) is 7.11 Å². The number of nitrogens with zero attached hydrogens (tertiary/aromatic N) is 1. The topological polar surface area (TPSA) is 24.5 Å². The lowest BCUT2D eigenvalue weighted by Crippen LogP contribution is -2.46. The lowest BCUT2D eigenvalue weighted by molar-refractivity contribution is 0.0804. The van der Waals surface area contributed by atoms with Gasteiger partial charge in [0, 0.05) is 31.8 Å². The molecule has 3 atom stereocenters. The molecule has 19 heavy (non-hydrogen) atoms. The number of ether oxygens (including phenoxy) is 1. The Hall–Kier alpha value is -0.120. The number of nitrogens with one attached hydrogen (secondary N) is 1. The van der Waals surface area contributed by atoms with Gasteiger partial charge < -0.3 is 10.1 Å². The molecule has 0 bridgehead atoms. The Labute approximate surface area is 120 Å². The highest BCUT2D eigenvalue weighted by molar-refractivity contribution is 4.88. The zero-order valence-corrected chi connectivity index (χ0v) is 13.6. The second kappa shape index (κ2) is 8.93. The van der Waals surface area contributed by atoms with E-state index in [1.165, 1.54) is 25.7 Å². The second-order valence-electron chi connectivity index (χ2n) is 6.25. The van der Waals surface area contributed by atoms with Crippen molar-refractivity contribution in [2.45, 2.75) is 71.5 Å². The van der Waals surface area contributed by atoms with Gasteiger partial charge in [-0.25, -0.2) is 0 Å². The van der Waals surface area contributed by atoms with Crippen molar-refractivity contribution in [1.82, 2.24) is 10.2 Å². The maximum Gasteiger partial charge on any atom is 0.0589 e. The Morgan fingerprint density at radius 2 is 1.95 bits per heavy atom. The van der Waals surface area contributed by atoms with Gasteiger partial charge in [0.25, 0.3) is 0 Å². The van der Waals surface area contributed by atoms with Gasteiger partial charge in [0.05, 0.1) is 6.61 Å². The SMILES string of the molecule is CCCNC(C)CC(C)N(CCOC)C(C)C1CC1. The quantitative estimate of drug-likeness (QED) is 0.625. The predicted molar refractivity (Wildman–Crippen MR) is 82.6 cm³/mol. The Kier molecular flexibility index (Phi) is 7.96. The number of hydrogen-bond donors (Lipinski definition) is 1. The van der Waals surface area contributed by atoms with Gasteiger partial charge in [0.2, 0.25) is 0 Å². The Bertz CT molecular complexity index is 231. The van der Waals surface area contributed by atoms with Crippen LogP contribution in [0.4, 0.5) is 0 Å². The molecule has 0 heterocycles. The molecule has 1 N–H and O–H groups in total. The van der Waals surface area contributed by atoms with Gasteiger partial charge in [-0.15, -0.1) is 0 Å². The van der Waals surface area contributed by atoms with E-state index < -0.39 is 0 Å². The average Bonchev–Trinajstić information content (AvgIpc) is 3.20. The summed E-state index contributed by atoms with van der Waals surface area (Å²) in [6, 6.07) is 1.94. The van der Waals surface area contributed by atoms with Crippen LogP contribution in [-0.2, 0) is 4.74 Å². The van der Waals surface area contributed by atoms with Gasteiger partial charge >= 0.3 is 0 Å². The Morgan fingerprint density at radius 3 is 2.47 bits per heavy atom. The van der Waals surface area contributed by atoms with Crippen LogP contribution in [0.2, 0.25) is 0 Å². The molecule has 0 aromatic rings. The van der Waals surface area contributed by atoms with E-state index in [1.807, 2.05) is 0 Å². The summed E-state index contributed by atoms with van der Waals surface area (Å²) < 4.78 is 5.29. The zero-order valence-electron chi connectivity index (χ0n) is 13.6. The standard InChI is InChI=1S/C16H34N2O/c1-6-9-17-13(2)12-14(3)18(10-11-19-5)15(4)16-7-8-16/h13-17H,6-12H2,1-5H3. The van der Waals surface area contributed by atoms with Crippen LogP contribution in [0.1, 0.15) is 53.4 Å². The first kappa shape index (κ1) is 16.9. The molecule has 3 unspecified atom stereocenters. The summed E-state index contributed by atoms with van der Waals surface area (Å²) >= 11 is 0. The van der Waals surface area contributed by atoms with E-state index in [0.29, 0.717) is 18.1 Å². The van der Waals surface area contributed by atoms with Crippen molar-refractivity contribution in [2.24, 2.45) is 5.92 Å². The first-order valence-corrected chi connectivity index (χ1v) is 8.08. The molecule has 3 heteroatoms. The third kappa shape index (κ3) is 6.24. The summed E-state index contributed by atoms with van der Waals surface area (Å²) in [4.78, 5) is 2.66. The summed E-state index contributed by atoms with van der Waals surface area (Å²) in [5.74, 6) is 0.929. The summed E-state index contributed by atoms with van der Waals surface area (Å²) in [7, 11) is 1.80. The summed E-state index contributed by atoms with van der Waals surface area (Å²) in [6.07, 6.45) is 5.27. The molecular formula is C16H34N2O. The van der Waals surface area contributed by atoms with Crippen molar-refractivity contribution < 1.29 is 4.74 Å². The third-order valence-electron chi connectivity index (χ3n) is 4.38. The van der Waals surface area contributed by atoms with E-state index in [9.17, 15) is 0 Å². The van der Waals surface area contributed by atoms with Crippen molar-refractivity contribution >= 4 is 0 Å². The summed E-state index contributed by atoms with van der Waals surface area (Å²) in [5.41, 5.74) is 0. The first-order chi connectivity index (χ1) is 9.10. The van der Waals surface area contributed by atoms with Crippen molar-refractivity contribution in [1.29, 1.82) is 0 Å². The molecule has 1 saturated carbocycles. The van der Waals surface area contributed by atoms with E-state index in [2.05, 4.69) is 37.9 Å². The molecule has 0 aliphatic heterocycles. The van der Waals surface area contributed by atoms with Crippen molar-refractivity contribution in [3.63, 3.8) is 0 Å². The fourth-order valence-corrected chi connectivity index (χ4v) is 2.99. The third-order valence-corrected chi connectivity index (χ3v) is 4.38. The van der Waals surface area contributed by atoms with Gasteiger partial charge in [-0.05, 0) is 58.9 Å². The molecule has 1 aliphatic carbocycles. The Balaban J connectivity index is 2.42. The van der Waals surface area contributed by atoms with Crippen molar-refractivity contribution in [3.05, 3.63) is 0 Å². The van der Waals surface area contributed by atoms with Crippen LogP contribution in [0.3, 0.4) is 0 Å².